The summed E-state index contributed by atoms with van der Waals surface area (Å²) in [6.07, 6.45) is 0.243. The van der Waals surface area contributed by atoms with Crippen molar-refractivity contribution in [2.45, 2.75) is 44.9 Å². The van der Waals surface area contributed by atoms with E-state index in [0.717, 1.165) is 6.54 Å². The Morgan fingerprint density at radius 1 is 1.44 bits per heavy atom. The van der Waals surface area contributed by atoms with E-state index in [1.54, 1.807) is 4.90 Å². The Morgan fingerprint density at radius 3 is 2.56 bits per heavy atom. The van der Waals surface area contributed by atoms with Crippen LogP contribution in [0.3, 0.4) is 0 Å². The first-order chi connectivity index (χ1) is 8.19. The van der Waals surface area contributed by atoms with E-state index in [1.807, 2.05) is 39.8 Å². The van der Waals surface area contributed by atoms with Crippen LogP contribution in [0.1, 0.15) is 27.2 Å². The summed E-state index contributed by atoms with van der Waals surface area (Å²) >= 11 is 0. The Kier molecular flexibility index (Phi) is 5.13. The molecule has 0 radical (unpaired) electrons. The maximum Gasteiger partial charge on any atom is 0.248 e. The number of aliphatic hydroxyl groups excluding tert-OH is 1. The fourth-order valence-electron chi connectivity index (χ4n) is 2.15. The van der Waals surface area contributed by atoms with Crippen LogP contribution in [0.2, 0.25) is 0 Å². The summed E-state index contributed by atoms with van der Waals surface area (Å²) in [5.41, 5.74) is -0.314. The first-order valence-electron chi connectivity index (χ1n) is 6.45. The van der Waals surface area contributed by atoms with E-state index < -0.39 is 6.10 Å². The number of hydrogen-bond acceptors (Lipinski definition) is 4. The highest BCUT2D eigenvalue weighted by Crippen LogP contribution is 2.19. The number of β-amino-alcohol motifs (C(OH)–C–C–N with tert-alkyl or cyclic N) is 1. The molecular formula is C13H26N2O3. The third-order valence-electron chi connectivity index (χ3n) is 2.92. The molecule has 2 atom stereocenters. The summed E-state index contributed by atoms with van der Waals surface area (Å²) in [6, 6.07) is 0.0890. The van der Waals surface area contributed by atoms with E-state index in [-0.39, 0.29) is 24.2 Å². The Bertz CT molecular complexity index is 286. The van der Waals surface area contributed by atoms with Gasteiger partial charge in [0.2, 0.25) is 5.91 Å². The second-order valence-corrected chi connectivity index (χ2v) is 6.25. The normalized spacial score (nSPS) is 24.9. The second-order valence-electron chi connectivity index (χ2n) is 6.25. The smallest absolute Gasteiger partial charge is 0.248 e. The van der Waals surface area contributed by atoms with Crippen molar-refractivity contribution in [3.8, 4) is 0 Å². The van der Waals surface area contributed by atoms with Crippen LogP contribution in [0.15, 0.2) is 0 Å². The largest absolute Gasteiger partial charge is 0.391 e. The average molecular weight is 258 g/mol. The van der Waals surface area contributed by atoms with Crippen LogP contribution in [-0.4, -0.2) is 72.4 Å². The molecule has 1 amide bonds. The Labute approximate surface area is 110 Å². The number of carbonyl (C=O) groups is 1. The van der Waals surface area contributed by atoms with Crippen LogP contribution in [-0.2, 0) is 9.53 Å². The van der Waals surface area contributed by atoms with Crippen molar-refractivity contribution in [3.05, 3.63) is 0 Å². The van der Waals surface area contributed by atoms with Gasteiger partial charge in [-0.15, -0.1) is 0 Å². The van der Waals surface area contributed by atoms with Crippen molar-refractivity contribution >= 4 is 5.91 Å². The Hall–Kier alpha value is -0.650. The SMILES string of the molecule is CN(C)CC1CC(O)CN1C(=O)COC(C)(C)C. The Morgan fingerprint density at radius 2 is 2.06 bits per heavy atom. The summed E-state index contributed by atoms with van der Waals surface area (Å²) in [7, 11) is 3.94. The van der Waals surface area contributed by atoms with Crippen molar-refractivity contribution in [2.75, 3.05) is 33.8 Å². The zero-order valence-electron chi connectivity index (χ0n) is 12.1. The van der Waals surface area contributed by atoms with Gasteiger partial charge in [0.1, 0.15) is 6.61 Å². The van der Waals surface area contributed by atoms with Crippen LogP contribution in [0.5, 0.6) is 0 Å². The highest BCUT2D eigenvalue weighted by Gasteiger charge is 2.34. The predicted octanol–water partition coefficient (Wildman–Crippen LogP) is 0.325. The standard InChI is InChI=1S/C13H26N2O3/c1-13(2,3)18-9-12(17)15-8-11(16)6-10(15)7-14(4)5/h10-11,16H,6-9H2,1-5H3. The molecule has 1 heterocycles. The molecule has 0 spiro atoms. The number of ether oxygens (including phenoxy) is 1. The first kappa shape index (κ1) is 15.4. The van der Waals surface area contributed by atoms with Crippen molar-refractivity contribution in [1.82, 2.24) is 9.80 Å². The van der Waals surface area contributed by atoms with Gasteiger partial charge in [-0.2, -0.15) is 0 Å². The van der Waals surface area contributed by atoms with Crippen LogP contribution < -0.4 is 0 Å². The molecule has 0 aromatic rings. The zero-order valence-corrected chi connectivity index (χ0v) is 12.1. The summed E-state index contributed by atoms with van der Waals surface area (Å²) in [6.45, 7) is 7.06. The minimum Gasteiger partial charge on any atom is -0.391 e. The van der Waals surface area contributed by atoms with E-state index in [0.29, 0.717) is 13.0 Å². The lowest BCUT2D eigenvalue weighted by molar-refractivity contribution is -0.142. The number of aliphatic hydroxyl groups is 1. The summed E-state index contributed by atoms with van der Waals surface area (Å²) in [5, 5.41) is 9.71. The summed E-state index contributed by atoms with van der Waals surface area (Å²) in [4.78, 5) is 15.9. The Balaban J connectivity index is 2.54. The van der Waals surface area contributed by atoms with E-state index in [4.69, 9.17) is 4.74 Å². The van der Waals surface area contributed by atoms with Crippen LogP contribution >= 0.6 is 0 Å². The fourth-order valence-corrected chi connectivity index (χ4v) is 2.15. The van der Waals surface area contributed by atoms with Gasteiger partial charge >= 0.3 is 0 Å². The molecule has 106 valence electrons. The van der Waals surface area contributed by atoms with Gasteiger partial charge in [0, 0.05) is 19.1 Å². The molecule has 0 aromatic heterocycles. The van der Waals surface area contributed by atoms with Gasteiger partial charge in [0.25, 0.3) is 0 Å². The number of likely N-dealkylation sites (N-methyl/N-ethyl adjacent to an activating group) is 1. The number of hydrogen-bond donors (Lipinski definition) is 1. The van der Waals surface area contributed by atoms with Crippen molar-refractivity contribution in [1.29, 1.82) is 0 Å². The highest BCUT2D eigenvalue weighted by molar-refractivity contribution is 5.78. The molecular weight excluding hydrogens is 232 g/mol. The predicted molar refractivity (Wildman–Crippen MR) is 70.4 cm³/mol. The van der Waals surface area contributed by atoms with Crippen molar-refractivity contribution in [2.24, 2.45) is 0 Å². The summed E-state index contributed by atoms with van der Waals surface area (Å²) < 4.78 is 5.51. The van der Waals surface area contributed by atoms with E-state index in [1.165, 1.54) is 0 Å². The van der Waals surface area contributed by atoms with Crippen LogP contribution in [0, 0.1) is 0 Å². The van der Waals surface area contributed by atoms with Gasteiger partial charge in [0.15, 0.2) is 0 Å². The minimum absolute atomic E-state index is 0.0340. The van der Waals surface area contributed by atoms with E-state index in [2.05, 4.69) is 0 Å². The molecule has 1 N–H and O–H groups in total. The van der Waals surface area contributed by atoms with Crippen molar-refractivity contribution in [3.63, 3.8) is 0 Å². The molecule has 18 heavy (non-hydrogen) atoms. The molecule has 1 aliphatic heterocycles. The summed E-state index contributed by atoms with van der Waals surface area (Å²) in [5.74, 6) is -0.0340. The van der Waals surface area contributed by atoms with Gasteiger partial charge in [0.05, 0.1) is 11.7 Å². The topological polar surface area (TPSA) is 53.0 Å². The van der Waals surface area contributed by atoms with Gasteiger partial charge in [-0.05, 0) is 41.3 Å². The number of likely N-dealkylation sites (tertiary alicyclic amines) is 1. The molecule has 2 unspecified atom stereocenters. The first-order valence-corrected chi connectivity index (χ1v) is 6.45. The average Bonchev–Trinajstić information content (AvgIpc) is 2.53. The molecule has 1 rings (SSSR count). The quantitative estimate of drug-likeness (QED) is 0.789. The third kappa shape index (κ3) is 4.92. The minimum atomic E-state index is -0.409. The molecule has 1 saturated heterocycles. The van der Waals surface area contributed by atoms with Gasteiger partial charge in [-0.1, -0.05) is 0 Å². The lowest BCUT2D eigenvalue weighted by atomic mass is 10.2. The molecule has 0 bridgehead atoms. The number of amides is 1. The maximum atomic E-state index is 12.1. The number of rotatable bonds is 4. The maximum absolute atomic E-state index is 12.1. The molecule has 0 aromatic carbocycles. The monoisotopic (exact) mass is 258 g/mol. The van der Waals surface area contributed by atoms with Gasteiger partial charge in [-0.25, -0.2) is 0 Å². The lowest BCUT2D eigenvalue weighted by Crippen LogP contribution is -2.44. The lowest BCUT2D eigenvalue weighted by Gasteiger charge is -2.28. The third-order valence-corrected chi connectivity index (χ3v) is 2.92. The van der Waals surface area contributed by atoms with E-state index in [9.17, 15) is 9.90 Å². The molecule has 0 saturated carbocycles. The van der Waals surface area contributed by atoms with Crippen LogP contribution in [0.25, 0.3) is 0 Å². The van der Waals surface area contributed by atoms with E-state index >= 15 is 0 Å². The van der Waals surface area contributed by atoms with Crippen molar-refractivity contribution < 1.29 is 14.6 Å². The zero-order chi connectivity index (χ0) is 13.9. The molecule has 1 aliphatic rings. The molecule has 5 heteroatoms. The van der Waals surface area contributed by atoms with Gasteiger partial charge < -0.3 is 19.6 Å². The molecule has 5 nitrogen and oxygen atoms in total. The highest BCUT2D eigenvalue weighted by atomic mass is 16.5. The number of carbonyl (C=O) groups excluding carboxylic acids is 1. The van der Waals surface area contributed by atoms with Gasteiger partial charge in [-0.3, -0.25) is 4.79 Å². The second kappa shape index (κ2) is 5.99. The van der Waals surface area contributed by atoms with Crippen LogP contribution in [0.4, 0.5) is 0 Å². The fraction of sp³-hybridized carbons (Fsp3) is 0.923. The molecule has 0 aliphatic carbocycles. The molecule has 1 fully saturated rings. The number of nitrogens with zero attached hydrogens (tertiary/aromatic N) is 2.